The molecule has 5 rings (SSSR count). The van der Waals surface area contributed by atoms with Crippen LogP contribution in [0.1, 0.15) is 35.1 Å². The Morgan fingerprint density at radius 2 is 1.06 bits per heavy atom. The van der Waals surface area contributed by atoms with E-state index in [1.54, 1.807) is 0 Å². The standard InChI is InChI=1S/C33H29Br/c34-26-23-27-21-24-32(25-22-27,28-13-5-1-6-14-28)33(29-15-7-2-8-16-29,30-17-9-3-10-18-30)31-19-11-4-12-20-31/h1-22,24H,23,25-26H2. The van der Waals surface area contributed by atoms with Gasteiger partial charge in [-0.2, -0.15) is 0 Å². The van der Waals surface area contributed by atoms with Crippen LogP contribution >= 0.6 is 15.9 Å². The van der Waals surface area contributed by atoms with Gasteiger partial charge >= 0.3 is 0 Å². The lowest BCUT2D eigenvalue weighted by atomic mass is 9.49. The molecule has 168 valence electrons. The molecule has 0 aliphatic heterocycles. The molecule has 1 atom stereocenters. The maximum Gasteiger partial charge on any atom is 0.0585 e. The third kappa shape index (κ3) is 3.79. The third-order valence-corrected chi connectivity index (χ3v) is 7.63. The first kappa shape index (κ1) is 22.6. The van der Waals surface area contributed by atoms with Crippen LogP contribution in [0.25, 0.3) is 0 Å². The Labute approximate surface area is 211 Å². The van der Waals surface area contributed by atoms with Gasteiger partial charge in [0, 0.05) is 10.7 Å². The van der Waals surface area contributed by atoms with E-state index in [2.05, 4.69) is 155 Å². The molecule has 0 N–H and O–H groups in total. The van der Waals surface area contributed by atoms with Crippen molar-refractivity contribution < 1.29 is 0 Å². The first-order valence-corrected chi connectivity index (χ1v) is 13.1. The zero-order valence-electron chi connectivity index (χ0n) is 19.3. The SMILES string of the molecule is BrCCC1=CCC(c2ccccc2)(C(c2ccccc2)(c2ccccc2)c2ccccc2)C=C1. The molecule has 0 aromatic heterocycles. The van der Waals surface area contributed by atoms with Crippen LogP contribution in [-0.2, 0) is 10.8 Å². The molecule has 0 saturated carbocycles. The molecule has 0 radical (unpaired) electrons. The Morgan fingerprint density at radius 1 is 0.618 bits per heavy atom. The minimum atomic E-state index is -0.412. The lowest BCUT2D eigenvalue weighted by Crippen LogP contribution is -2.50. The second-order valence-electron chi connectivity index (χ2n) is 8.94. The fourth-order valence-electron chi connectivity index (χ4n) is 5.75. The second-order valence-corrected chi connectivity index (χ2v) is 9.73. The highest BCUT2D eigenvalue weighted by atomic mass is 79.9. The van der Waals surface area contributed by atoms with Crippen LogP contribution in [-0.4, -0.2) is 5.33 Å². The average molecular weight is 505 g/mol. The summed E-state index contributed by atoms with van der Waals surface area (Å²) in [4.78, 5) is 0. The van der Waals surface area contributed by atoms with Crippen LogP contribution in [0.2, 0.25) is 0 Å². The number of halogens is 1. The summed E-state index contributed by atoms with van der Waals surface area (Å²) in [5, 5.41) is 0.975. The van der Waals surface area contributed by atoms with Gasteiger partial charge in [-0.25, -0.2) is 0 Å². The van der Waals surface area contributed by atoms with Crippen LogP contribution in [0, 0.1) is 0 Å². The molecule has 0 spiro atoms. The lowest BCUT2D eigenvalue weighted by molar-refractivity contribution is 0.368. The monoisotopic (exact) mass is 504 g/mol. The molecule has 0 bridgehead atoms. The summed E-state index contributed by atoms with van der Waals surface area (Å²) in [5.41, 5.74) is 5.93. The molecule has 4 aromatic rings. The van der Waals surface area contributed by atoms with Crippen molar-refractivity contribution in [2.24, 2.45) is 0 Å². The van der Waals surface area contributed by atoms with Crippen molar-refractivity contribution in [2.45, 2.75) is 23.7 Å². The van der Waals surface area contributed by atoms with Gasteiger partial charge in [0.2, 0.25) is 0 Å². The largest absolute Gasteiger partial charge is 0.0924 e. The van der Waals surface area contributed by atoms with E-state index in [1.807, 2.05) is 0 Å². The molecule has 0 amide bonds. The summed E-state index contributed by atoms with van der Waals surface area (Å²) in [6.45, 7) is 0. The van der Waals surface area contributed by atoms with E-state index in [9.17, 15) is 0 Å². The maximum atomic E-state index is 3.63. The Morgan fingerprint density at radius 3 is 1.44 bits per heavy atom. The molecule has 4 aromatic carbocycles. The molecule has 1 heteroatoms. The van der Waals surface area contributed by atoms with E-state index in [-0.39, 0.29) is 5.41 Å². The summed E-state index contributed by atoms with van der Waals surface area (Å²) in [6.07, 6.45) is 9.28. The molecule has 0 heterocycles. The van der Waals surface area contributed by atoms with Crippen LogP contribution in [0.3, 0.4) is 0 Å². The van der Waals surface area contributed by atoms with Crippen molar-refractivity contribution in [1.82, 2.24) is 0 Å². The van der Waals surface area contributed by atoms with Gasteiger partial charge in [0.05, 0.1) is 5.41 Å². The third-order valence-electron chi connectivity index (χ3n) is 7.23. The molecular formula is C33H29Br. The van der Waals surface area contributed by atoms with Crippen molar-refractivity contribution in [1.29, 1.82) is 0 Å². The quantitative estimate of drug-likeness (QED) is 0.174. The van der Waals surface area contributed by atoms with E-state index in [1.165, 1.54) is 27.8 Å². The lowest BCUT2D eigenvalue weighted by Gasteiger charge is -2.52. The summed E-state index contributed by atoms with van der Waals surface area (Å²) < 4.78 is 0. The van der Waals surface area contributed by atoms with Crippen LogP contribution in [0.15, 0.2) is 145 Å². The van der Waals surface area contributed by atoms with Gasteiger partial charge in [0.15, 0.2) is 0 Å². The van der Waals surface area contributed by atoms with Gasteiger partial charge in [-0.1, -0.05) is 161 Å². The fourth-order valence-corrected chi connectivity index (χ4v) is 6.21. The van der Waals surface area contributed by atoms with Crippen LogP contribution in [0.5, 0.6) is 0 Å². The Kier molecular flexibility index (Phi) is 6.65. The van der Waals surface area contributed by atoms with Gasteiger partial charge in [0.1, 0.15) is 0 Å². The van der Waals surface area contributed by atoms with Crippen molar-refractivity contribution >= 4 is 15.9 Å². The zero-order valence-corrected chi connectivity index (χ0v) is 20.9. The predicted octanol–water partition coefficient (Wildman–Crippen LogP) is 8.63. The van der Waals surface area contributed by atoms with Gasteiger partial charge < -0.3 is 0 Å². The zero-order chi connectivity index (χ0) is 23.3. The predicted molar refractivity (Wildman–Crippen MR) is 148 cm³/mol. The van der Waals surface area contributed by atoms with Crippen molar-refractivity contribution in [3.05, 3.63) is 167 Å². The van der Waals surface area contributed by atoms with Gasteiger partial charge in [0.25, 0.3) is 0 Å². The van der Waals surface area contributed by atoms with E-state index in [0.29, 0.717) is 0 Å². The van der Waals surface area contributed by atoms with Gasteiger partial charge in [-0.05, 0) is 35.1 Å². The first-order chi connectivity index (χ1) is 16.8. The molecule has 0 fully saturated rings. The number of rotatable bonds is 7. The Balaban J connectivity index is 1.91. The smallest absolute Gasteiger partial charge is 0.0585 e. The maximum absolute atomic E-state index is 3.63. The molecular weight excluding hydrogens is 476 g/mol. The van der Waals surface area contributed by atoms with Crippen LogP contribution < -0.4 is 0 Å². The number of alkyl halides is 1. The fraction of sp³-hybridized carbons (Fsp3) is 0.152. The second kappa shape index (κ2) is 9.99. The highest BCUT2D eigenvalue weighted by Crippen LogP contribution is 2.57. The number of hydrogen-bond acceptors (Lipinski definition) is 0. The van der Waals surface area contributed by atoms with Gasteiger partial charge in [-0.3, -0.25) is 0 Å². The van der Waals surface area contributed by atoms with Crippen LogP contribution in [0.4, 0.5) is 0 Å². The number of benzene rings is 4. The summed E-state index contributed by atoms with van der Waals surface area (Å²) in [6, 6.07) is 44.3. The molecule has 34 heavy (non-hydrogen) atoms. The number of hydrogen-bond donors (Lipinski definition) is 0. The first-order valence-electron chi connectivity index (χ1n) is 12.0. The van der Waals surface area contributed by atoms with Crippen molar-refractivity contribution in [2.75, 3.05) is 5.33 Å². The summed E-state index contributed by atoms with van der Waals surface area (Å²) in [5.74, 6) is 0. The van der Waals surface area contributed by atoms with Crippen molar-refractivity contribution in [3.8, 4) is 0 Å². The minimum Gasteiger partial charge on any atom is -0.0924 e. The van der Waals surface area contributed by atoms with E-state index >= 15 is 0 Å². The molecule has 0 saturated heterocycles. The molecule has 1 aliphatic rings. The van der Waals surface area contributed by atoms with Gasteiger partial charge in [-0.15, -0.1) is 0 Å². The van der Waals surface area contributed by atoms with E-state index in [0.717, 1.165) is 18.2 Å². The highest BCUT2D eigenvalue weighted by molar-refractivity contribution is 9.09. The van der Waals surface area contributed by atoms with E-state index in [4.69, 9.17) is 0 Å². The minimum absolute atomic E-state index is 0.297. The topological polar surface area (TPSA) is 0 Å². The summed E-state index contributed by atoms with van der Waals surface area (Å²) in [7, 11) is 0. The Bertz CT molecular complexity index is 1160. The normalized spacial score (nSPS) is 17.9. The number of allylic oxidation sites excluding steroid dienone is 4. The molecule has 1 unspecified atom stereocenters. The Hall–Kier alpha value is -3.16. The highest BCUT2D eigenvalue weighted by Gasteiger charge is 2.54. The average Bonchev–Trinajstić information content (AvgIpc) is 2.93. The van der Waals surface area contributed by atoms with Crippen molar-refractivity contribution in [3.63, 3.8) is 0 Å². The molecule has 0 nitrogen and oxygen atoms in total. The molecule has 1 aliphatic carbocycles. The summed E-state index contributed by atoms with van der Waals surface area (Å²) >= 11 is 3.63. The van der Waals surface area contributed by atoms with E-state index < -0.39 is 5.41 Å².